The van der Waals surface area contributed by atoms with Gasteiger partial charge in [0, 0.05) is 18.6 Å². The first kappa shape index (κ1) is 12.1. The zero-order valence-corrected chi connectivity index (χ0v) is 11.5. The van der Waals surface area contributed by atoms with Gasteiger partial charge in [-0.25, -0.2) is 4.98 Å². The molecule has 0 spiro atoms. The third-order valence-corrected chi connectivity index (χ3v) is 4.49. The molecule has 3 heterocycles. The predicted molar refractivity (Wildman–Crippen MR) is 75.4 cm³/mol. The van der Waals surface area contributed by atoms with Gasteiger partial charge in [-0.2, -0.15) is 0 Å². The van der Waals surface area contributed by atoms with Gasteiger partial charge < -0.3 is 14.4 Å². The molecule has 4 rings (SSSR count). The molecule has 3 atom stereocenters. The summed E-state index contributed by atoms with van der Waals surface area (Å²) >= 11 is 0. The van der Waals surface area contributed by atoms with Crippen molar-refractivity contribution in [3.05, 3.63) is 42.4 Å². The number of benzene rings is 1. The van der Waals surface area contributed by atoms with Crippen molar-refractivity contribution >= 4 is 0 Å². The summed E-state index contributed by atoms with van der Waals surface area (Å²) in [6, 6.07) is 8.52. The van der Waals surface area contributed by atoms with E-state index < -0.39 is 5.60 Å². The van der Waals surface area contributed by atoms with Gasteiger partial charge in [0.05, 0.1) is 36.0 Å². The van der Waals surface area contributed by atoms with Crippen LogP contribution in [0.1, 0.15) is 31.4 Å². The molecule has 0 aliphatic carbocycles. The van der Waals surface area contributed by atoms with Crippen molar-refractivity contribution < 1.29 is 9.84 Å². The lowest BCUT2D eigenvalue weighted by molar-refractivity contribution is -0.104. The number of aliphatic hydroxyl groups is 1. The van der Waals surface area contributed by atoms with Gasteiger partial charge in [-0.3, -0.25) is 0 Å². The van der Waals surface area contributed by atoms with E-state index in [1.54, 1.807) is 0 Å². The Bertz CT molecular complexity index is 647. The van der Waals surface area contributed by atoms with E-state index in [1.165, 1.54) is 11.1 Å². The topological polar surface area (TPSA) is 47.3 Å². The van der Waals surface area contributed by atoms with Gasteiger partial charge in [0.25, 0.3) is 0 Å². The summed E-state index contributed by atoms with van der Waals surface area (Å²) in [6.07, 6.45) is 5.13. The van der Waals surface area contributed by atoms with Crippen LogP contribution >= 0.6 is 0 Å². The molecule has 4 heteroatoms. The van der Waals surface area contributed by atoms with Crippen LogP contribution in [0.15, 0.2) is 36.8 Å². The van der Waals surface area contributed by atoms with E-state index in [9.17, 15) is 5.11 Å². The van der Waals surface area contributed by atoms with E-state index in [4.69, 9.17) is 4.74 Å². The van der Waals surface area contributed by atoms with E-state index in [-0.39, 0.29) is 12.1 Å². The van der Waals surface area contributed by atoms with Crippen LogP contribution in [-0.2, 0) is 4.74 Å². The van der Waals surface area contributed by atoms with Crippen molar-refractivity contribution in [2.45, 2.75) is 37.5 Å². The Hall–Kier alpha value is -1.65. The highest BCUT2D eigenvalue weighted by molar-refractivity contribution is 5.69. The van der Waals surface area contributed by atoms with Crippen LogP contribution < -0.4 is 0 Å². The van der Waals surface area contributed by atoms with Gasteiger partial charge in [-0.05, 0) is 18.9 Å². The zero-order valence-electron chi connectivity index (χ0n) is 11.5. The number of fused-ring (bicyclic) bond motifs is 3. The maximum Gasteiger partial charge on any atom is 0.0957 e. The van der Waals surface area contributed by atoms with Crippen LogP contribution in [0.5, 0.6) is 0 Å². The Labute approximate surface area is 118 Å². The van der Waals surface area contributed by atoms with E-state index in [1.807, 2.05) is 19.4 Å². The standard InChI is InChI=1S/C16H18N2O2/c1-16(19)6-7-20-14(8-16)15-12-5-3-2-4-11(12)13-9-17-10-18(13)15/h2-5,9-10,14-15,19H,6-8H2,1H3/t14?,15-,16?/m0/s1. The summed E-state index contributed by atoms with van der Waals surface area (Å²) in [7, 11) is 0. The van der Waals surface area contributed by atoms with Crippen LogP contribution in [0.25, 0.3) is 11.3 Å². The highest BCUT2D eigenvalue weighted by Gasteiger charge is 2.40. The largest absolute Gasteiger partial charge is 0.390 e. The van der Waals surface area contributed by atoms with Gasteiger partial charge in [-0.1, -0.05) is 24.3 Å². The van der Waals surface area contributed by atoms with Crippen molar-refractivity contribution in [1.82, 2.24) is 9.55 Å². The molecule has 1 aromatic carbocycles. The maximum atomic E-state index is 10.3. The van der Waals surface area contributed by atoms with E-state index >= 15 is 0 Å². The average molecular weight is 270 g/mol. The second-order valence-corrected chi connectivity index (χ2v) is 6.08. The third-order valence-electron chi connectivity index (χ3n) is 4.49. The normalized spacial score (nSPS) is 31.9. The number of hydrogen-bond acceptors (Lipinski definition) is 3. The number of nitrogens with zero attached hydrogens (tertiary/aromatic N) is 2. The Morgan fingerprint density at radius 1 is 1.40 bits per heavy atom. The lowest BCUT2D eigenvalue weighted by atomic mass is 9.87. The fraction of sp³-hybridized carbons (Fsp3) is 0.438. The molecule has 1 aromatic heterocycles. The zero-order chi connectivity index (χ0) is 13.7. The lowest BCUT2D eigenvalue weighted by Crippen LogP contribution is -2.41. The summed E-state index contributed by atoms with van der Waals surface area (Å²) in [6.45, 7) is 2.51. The van der Waals surface area contributed by atoms with E-state index in [2.05, 4.69) is 33.8 Å². The number of imidazole rings is 1. The second-order valence-electron chi connectivity index (χ2n) is 6.08. The van der Waals surface area contributed by atoms with Crippen molar-refractivity contribution in [2.24, 2.45) is 0 Å². The van der Waals surface area contributed by atoms with E-state index in [0.29, 0.717) is 19.4 Å². The molecular weight excluding hydrogens is 252 g/mol. The maximum absolute atomic E-state index is 10.3. The highest BCUT2D eigenvalue weighted by atomic mass is 16.5. The summed E-state index contributed by atoms with van der Waals surface area (Å²) < 4.78 is 8.15. The molecule has 2 aromatic rings. The summed E-state index contributed by atoms with van der Waals surface area (Å²) in [4.78, 5) is 4.27. The van der Waals surface area contributed by atoms with Crippen molar-refractivity contribution in [2.75, 3.05) is 6.61 Å². The first-order chi connectivity index (χ1) is 9.66. The Kier molecular flexibility index (Phi) is 2.53. The molecule has 1 fully saturated rings. The molecular formula is C16H18N2O2. The van der Waals surface area contributed by atoms with Crippen LogP contribution in [0.2, 0.25) is 0 Å². The number of hydrogen-bond donors (Lipinski definition) is 1. The van der Waals surface area contributed by atoms with Gasteiger partial charge in [0.2, 0.25) is 0 Å². The quantitative estimate of drug-likeness (QED) is 0.865. The molecule has 2 aliphatic heterocycles. The Balaban J connectivity index is 1.79. The van der Waals surface area contributed by atoms with Crippen LogP contribution in [0.3, 0.4) is 0 Å². The monoisotopic (exact) mass is 270 g/mol. The Morgan fingerprint density at radius 2 is 2.25 bits per heavy atom. The van der Waals surface area contributed by atoms with Crippen molar-refractivity contribution in [3.63, 3.8) is 0 Å². The molecule has 2 unspecified atom stereocenters. The first-order valence-corrected chi connectivity index (χ1v) is 7.11. The molecule has 2 aliphatic rings. The fourth-order valence-corrected chi connectivity index (χ4v) is 3.48. The van der Waals surface area contributed by atoms with Crippen LogP contribution in [0, 0.1) is 0 Å². The number of ether oxygens (including phenoxy) is 1. The van der Waals surface area contributed by atoms with Crippen molar-refractivity contribution in [3.8, 4) is 11.3 Å². The third kappa shape index (κ3) is 1.72. The first-order valence-electron chi connectivity index (χ1n) is 7.11. The number of rotatable bonds is 1. The second kappa shape index (κ2) is 4.17. The molecule has 0 saturated carbocycles. The minimum atomic E-state index is -0.638. The van der Waals surface area contributed by atoms with Crippen LogP contribution in [0.4, 0.5) is 0 Å². The summed E-state index contributed by atoms with van der Waals surface area (Å²) in [5, 5.41) is 10.3. The summed E-state index contributed by atoms with van der Waals surface area (Å²) in [5.74, 6) is 0. The van der Waals surface area contributed by atoms with Gasteiger partial charge >= 0.3 is 0 Å². The molecule has 1 saturated heterocycles. The number of aromatic nitrogens is 2. The van der Waals surface area contributed by atoms with Gasteiger partial charge in [0.1, 0.15) is 0 Å². The molecule has 104 valence electrons. The van der Waals surface area contributed by atoms with Gasteiger partial charge in [-0.15, -0.1) is 0 Å². The highest BCUT2D eigenvalue weighted by Crippen LogP contribution is 2.44. The summed E-state index contributed by atoms with van der Waals surface area (Å²) in [5.41, 5.74) is 3.00. The minimum Gasteiger partial charge on any atom is -0.390 e. The van der Waals surface area contributed by atoms with Crippen LogP contribution in [-0.4, -0.2) is 33.0 Å². The van der Waals surface area contributed by atoms with E-state index in [0.717, 1.165) is 5.69 Å². The predicted octanol–water partition coefficient (Wildman–Crippen LogP) is 2.38. The SMILES string of the molecule is CC1(O)CCOC([C@@H]2c3ccccc3-c3cncn32)C1. The van der Waals surface area contributed by atoms with Crippen molar-refractivity contribution in [1.29, 1.82) is 0 Å². The minimum absolute atomic E-state index is 0.00431. The molecule has 4 nitrogen and oxygen atoms in total. The lowest BCUT2D eigenvalue weighted by Gasteiger charge is -2.37. The molecule has 0 amide bonds. The smallest absolute Gasteiger partial charge is 0.0957 e. The molecule has 0 radical (unpaired) electrons. The fourth-order valence-electron chi connectivity index (χ4n) is 3.48. The Morgan fingerprint density at radius 3 is 3.10 bits per heavy atom. The molecule has 20 heavy (non-hydrogen) atoms. The van der Waals surface area contributed by atoms with Gasteiger partial charge in [0.15, 0.2) is 0 Å². The molecule has 1 N–H and O–H groups in total. The average Bonchev–Trinajstić information content (AvgIpc) is 2.97. The molecule has 0 bridgehead atoms.